The third-order valence-corrected chi connectivity index (χ3v) is 2.82. The molecule has 8 heteroatoms. The first kappa shape index (κ1) is 14.0. The molecule has 0 bridgehead atoms. The third kappa shape index (κ3) is 4.39. The van der Waals surface area contributed by atoms with E-state index in [9.17, 15) is 18.0 Å². The van der Waals surface area contributed by atoms with E-state index in [1.165, 1.54) is 18.3 Å². The van der Waals surface area contributed by atoms with E-state index in [1.807, 2.05) is 0 Å². The van der Waals surface area contributed by atoms with Gasteiger partial charge in [0.25, 0.3) is 5.56 Å². The van der Waals surface area contributed by atoms with Crippen LogP contribution in [0.2, 0.25) is 0 Å². The highest BCUT2D eigenvalue weighted by molar-refractivity contribution is 8.00. The van der Waals surface area contributed by atoms with E-state index in [4.69, 9.17) is 5.73 Å². The number of rotatable bonds is 4. The fraction of sp³-hybridized carbons (Fsp3) is 0.333. The normalized spacial score (nSPS) is 11.5. The monoisotopic (exact) mass is 282 g/mol. The fourth-order valence-corrected chi connectivity index (χ4v) is 1.83. The van der Waals surface area contributed by atoms with E-state index in [0.717, 1.165) is 4.57 Å². The standard InChI is InChI=1S/C9H9F3N2OS2/c10-9(11,12)17-5-4-14-3-1-2-6(7(13)16)8(14)15/h1-3H,4-5H2,(H2,13,16). The summed E-state index contributed by atoms with van der Waals surface area (Å²) in [7, 11) is 0. The Hall–Kier alpha value is -1.02. The summed E-state index contributed by atoms with van der Waals surface area (Å²) in [4.78, 5) is 11.6. The van der Waals surface area contributed by atoms with Gasteiger partial charge in [0.2, 0.25) is 0 Å². The van der Waals surface area contributed by atoms with Gasteiger partial charge in [-0.05, 0) is 23.9 Å². The van der Waals surface area contributed by atoms with Gasteiger partial charge in [0.15, 0.2) is 0 Å². The Morgan fingerprint density at radius 3 is 2.71 bits per heavy atom. The van der Waals surface area contributed by atoms with Crippen molar-refractivity contribution in [1.29, 1.82) is 0 Å². The molecule has 0 aliphatic rings. The van der Waals surface area contributed by atoms with Gasteiger partial charge in [-0.1, -0.05) is 12.2 Å². The molecule has 0 aliphatic carbocycles. The number of pyridine rings is 1. The summed E-state index contributed by atoms with van der Waals surface area (Å²) in [5, 5.41) is 0. The second-order valence-electron chi connectivity index (χ2n) is 3.08. The smallest absolute Gasteiger partial charge is 0.389 e. The predicted molar refractivity (Wildman–Crippen MR) is 65.1 cm³/mol. The number of hydrogen-bond donors (Lipinski definition) is 1. The van der Waals surface area contributed by atoms with Crippen molar-refractivity contribution in [2.75, 3.05) is 5.75 Å². The number of hydrogen-bond acceptors (Lipinski definition) is 3. The minimum absolute atomic E-state index is 0.0422. The number of aryl methyl sites for hydroxylation is 1. The average molecular weight is 282 g/mol. The van der Waals surface area contributed by atoms with Crippen LogP contribution in [-0.2, 0) is 6.54 Å². The van der Waals surface area contributed by atoms with Crippen molar-refractivity contribution >= 4 is 29.0 Å². The first-order chi connectivity index (χ1) is 7.81. The van der Waals surface area contributed by atoms with E-state index < -0.39 is 11.1 Å². The molecular formula is C9H9F3N2OS2. The van der Waals surface area contributed by atoms with Crippen molar-refractivity contribution in [1.82, 2.24) is 4.57 Å². The quantitative estimate of drug-likeness (QED) is 0.855. The molecule has 17 heavy (non-hydrogen) atoms. The zero-order valence-corrected chi connectivity index (χ0v) is 10.2. The second kappa shape index (κ2) is 5.54. The molecule has 2 N–H and O–H groups in total. The summed E-state index contributed by atoms with van der Waals surface area (Å²) in [6.07, 6.45) is 1.40. The minimum Gasteiger partial charge on any atom is -0.389 e. The molecule has 1 aromatic heterocycles. The van der Waals surface area contributed by atoms with Crippen LogP contribution in [0.3, 0.4) is 0 Å². The number of thioether (sulfide) groups is 1. The van der Waals surface area contributed by atoms with Crippen molar-refractivity contribution in [2.45, 2.75) is 12.1 Å². The molecule has 0 spiro atoms. The minimum atomic E-state index is -4.29. The highest BCUT2D eigenvalue weighted by atomic mass is 32.2. The van der Waals surface area contributed by atoms with Gasteiger partial charge in [-0.3, -0.25) is 4.79 Å². The number of aromatic nitrogens is 1. The number of thiocarbonyl (C=S) groups is 1. The lowest BCUT2D eigenvalue weighted by Crippen LogP contribution is -2.29. The lowest BCUT2D eigenvalue weighted by atomic mass is 10.3. The van der Waals surface area contributed by atoms with Crippen LogP contribution in [0.25, 0.3) is 0 Å². The Bertz CT molecular complexity index is 470. The van der Waals surface area contributed by atoms with Crippen molar-refractivity contribution < 1.29 is 13.2 Å². The molecule has 0 saturated carbocycles. The largest absolute Gasteiger partial charge is 0.441 e. The average Bonchev–Trinajstić information content (AvgIpc) is 2.18. The highest BCUT2D eigenvalue weighted by Crippen LogP contribution is 2.29. The molecule has 0 saturated heterocycles. The summed E-state index contributed by atoms with van der Waals surface area (Å²) >= 11 is 4.49. The summed E-state index contributed by atoms with van der Waals surface area (Å²) in [6.45, 7) is -0.0422. The van der Waals surface area contributed by atoms with E-state index in [-0.39, 0.29) is 34.6 Å². The molecule has 0 amide bonds. The van der Waals surface area contributed by atoms with Gasteiger partial charge in [-0.2, -0.15) is 13.2 Å². The maximum absolute atomic E-state index is 11.9. The Morgan fingerprint density at radius 2 is 2.18 bits per heavy atom. The van der Waals surface area contributed by atoms with Crippen LogP contribution >= 0.6 is 24.0 Å². The molecule has 0 aliphatic heterocycles. The van der Waals surface area contributed by atoms with Crippen LogP contribution in [0.1, 0.15) is 5.56 Å². The van der Waals surface area contributed by atoms with Gasteiger partial charge in [0, 0.05) is 18.5 Å². The third-order valence-electron chi connectivity index (χ3n) is 1.88. The van der Waals surface area contributed by atoms with Crippen LogP contribution < -0.4 is 11.3 Å². The summed E-state index contributed by atoms with van der Waals surface area (Å²) < 4.78 is 36.9. The topological polar surface area (TPSA) is 48.0 Å². The molecule has 94 valence electrons. The lowest BCUT2D eigenvalue weighted by Gasteiger charge is -2.08. The Labute approximate surface area is 105 Å². The number of nitrogens with zero attached hydrogens (tertiary/aromatic N) is 1. The van der Waals surface area contributed by atoms with Crippen molar-refractivity contribution in [2.24, 2.45) is 5.73 Å². The van der Waals surface area contributed by atoms with E-state index in [2.05, 4.69) is 12.2 Å². The SMILES string of the molecule is NC(=S)c1cccn(CCSC(F)(F)F)c1=O. The van der Waals surface area contributed by atoms with Crippen LogP contribution in [-0.4, -0.2) is 20.8 Å². The molecular weight excluding hydrogens is 273 g/mol. The zero-order chi connectivity index (χ0) is 13.1. The van der Waals surface area contributed by atoms with Gasteiger partial charge in [-0.25, -0.2) is 0 Å². The van der Waals surface area contributed by atoms with Gasteiger partial charge in [-0.15, -0.1) is 0 Å². The highest BCUT2D eigenvalue weighted by Gasteiger charge is 2.27. The van der Waals surface area contributed by atoms with Crippen LogP contribution in [0.5, 0.6) is 0 Å². The molecule has 0 radical (unpaired) electrons. The van der Waals surface area contributed by atoms with Gasteiger partial charge in [0.05, 0.1) is 5.56 Å². The maximum Gasteiger partial charge on any atom is 0.441 e. The summed E-state index contributed by atoms with van der Waals surface area (Å²) in [6, 6.07) is 2.96. The number of nitrogens with two attached hydrogens (primary N) is 1. The van der Waals surface area contributed by atoms with Crippen LogP contribution in [0.4, 0.5) is 13.2 Å². The molecule has 0 unspecified atom stereocenters. The fourth-order valence-electron chi connectivity index (χ4n) is 1.16. The van der Waals surface area contributed by atoms with E-state index in [1.54, 1.807) is 0 Å². The molecule has 1 rings (SSSR count). The first-order valence-corrected chi connectivity index (χ1v) is 5.90. The second-order valence-corrected chi connectivity index (χ2v) is 4.68. The maximum atomic E-state index is 11.9. The molecule has 3 nitrogen and oxygen atoms in total. The van der Waals surface area contributed by atoms with Crippen LogP contribution in [0.15, 0.2) is 23.1 Å². The molecule has 0 aromatic carbocycles. The number of halogens is 3. The van der Waals surface area contributed by atoms with Crippen molar-refractivity contribution in [3.8, 4) is 0 Å². The van der Waals surface area contributed by atoms with Crippen LogP contribution in [0, 0.1) is 0 Å². The van der Waals surface area contributed by atoms with Crippen molar-refractivity contribution in [3.05, 3.63) is 34.2 Å². The summed E-state index contributed by atoms with van der Waals surface area (Å²) in [5.74, 6) is -0.232. The Kier molecular flexibility index (Phi) is 4.58. The predicted octanol–water partition coefficient (Wildman–Crippen LogP) is 1.74. The summed E-state index contributed by atoms with van der Waals surface area (Å²) in [5.41, 5.74) is 0.696. The zero-order valence-electron chi connectivity index (χ0n) is 8.53. The van der Waals surface area contributed by atoms with Gasteiger partial charge < -0.3 is 10.3 Å². The molecule has 0 fully saturated rings. The van der Waals surface area contributed by atoms with E-state index in [0.29, 0.717) is 0 Å². The molecule has 0 atom stereocenters. The first-order valence-electron chi connectivity index (χ1n) is 4.51. The lowest BCUT2D eigenvalue weighted by molar-refractivity contribution is -0.0328. The number of alkyl halides is 3. The molecule has 1 aromatic rings. The Balaban J connectivity index is 2.76. The molecule has 1 heterocycles. The Morgan fingerprint density at radius 1 is 1.53 bits per heavy atom. The van der Waals surface area contributed by atoms with Crippen molar-refractivity contribution in [3.63, 3.8) is 0 Å². The van der Waals surface area contributed by atoms with E-state index >= 15 is 0 Å². The van der Waals surface area contributed by atoms with Gasteiger partial charge in [0.1, 0.15) is 4.99 Å². The van der Waals surface area contributed by atoms with Gasteiger partial charge >= 0.3 is 5.51 Å².